The normalized spacial score (nSPS) is 16.0. The van der Waals surface area contributed by atoms with Gasteiger partial charge in [0.25, 0.3) is 11.8 Å². The molecular weight excluding hydrogens is 364 g/mol. The van der Waals surface area contributed by atoms with Crippen LogP contribution in [0, 0.1) is 0 Å². The Morgan fingerprint density at radius 3 is 2.72 bits per heavy atom. The van der Waals surface area contributed by atoms with Gasteiger partial charge in [0.05, 0.1) is 11.6 Å². The smallest absolute Gasteiger partial charge is 0.265 e. The van der Waals surface area contributed by atoms with Gasteiger partial charge in [-0.15, -0.1) is 0 Å². The zero-order chi connectivity index (χ0) is 18.6. The number of hydrogen-bond acceptors (Lipinski definition) is 5. The molecule has 1 fully saturated rings. The summed E-state index contributed by atoms with van der Waals surface area (Å²) in [4.78, 5) is 25.5. The third-order valence-corrected chi connectivity index (χ3v) is 3.95. The minimum Gasteiger partial charge on any atom is -0.490 e. The summed E-state index contributed by atoms with van der Waals surface area (Å²) >= 11 is 11.2. The topological polar surface area (TPSA) is 67.9 Å². The number of carbonyl (C=O) groups is 2. The van der Waals surface area contributed by atoms with Crippen LogP contribution in [-0.4, -0.2) is 42.1 Å². The summed E-state index contributed by atoms with van der Waals surface area (Å²) in [6, 6.07) is 3.23. The van der Waals surface area contributed by atoms with Crippen LogP contribution in [0.15, 0.2) is 30.4 Å². The van der Waals surface area contributed by atoms with Gasteiger partial charge in [0.1, 0.15) is 12.2 Å². The third-order valence-electron chi connectivity index (χ3n) is 3.29. The Bertz CT molecular complexity index is 776. The van der Waals surface area contributed by atoms with Crippen LogP contribution in [0.4, 0.5) is 0 Å². The van der Waals surface area contributed by atoms with Crippen molar-refractivity contribution in [1.29, 1.82) is 0 Å². The van der Waals surface area contributed by atoms with Gasteiger partial charge in [-0.3, -0.25) is 19.8 Å². The Balaban J connectivity index is 2.45. The highest BCUT2D eigenvalue weighted by atomic mass is 35.5. The van der Waals surface area contributed by atoms with E-state index < -0.39 is 11.8 Å². The lowest BCUT2D eigenvalue weighted by molar-refractivity contribution is -0.128. The van der Waals surface area contributed by atoms with Crippen LogP contribution in [0.2, 0.25) is 5.02 Å². The lowest BCUT2D eigenvalue weighted by Crippen LogP contribution is -2.52. The highest BCUT2D eigenvalue weighted by Gasteiger charge is 2.30. The molecule has 25 heavy (non-hydrogen) atoms. The van der Waals surface area contributed by atoms with E-state index in [0.29, 0.717) is 28.7 Å². The fourth-order valence-corrected chi connectivity index (χ4v) is 2.58. The molecule has 0 bridgehead atoms. The van der Waals surface area contributed by atoms with Gasteiger partial charge < -0.3 is 9.47 Å². The summed E-state index contributed by atoms with van der Waals surface area (Å²) in [6.07, 6.45) is 3.02. The van der Waals surface area contributed by atoms with Crippen LogP contribution in [-0.2, 0) is 9.59 Å². The van der Waals surface area contributed by atoms with E-state index in [1.807, 2.05) is 6.92 Å². The number of thiocarbonyl (C=S) groups is 1. The standard InChI is InChI=1S/C17H17ClN2O4S/c1-4-6-24-14-12(18)8-10(9-13(14)23-5-2)7-11-15(21)19-17(25)20(3)16(11)22/h4,7-9H,1,5-6H2,2-3H3,(H,19,21,25). The predicted molar refractivity (Wildman–Crippen MR) is 99.8 cm³/mol. The maximum atomic E-state index is 12.3. The number of carbonyl (C=O) groups excluding carboxylic acids is 2. The number of amides is 2. The van der Waals surface area contributed by atoms with E-state index in [0.717, 1.165) is 0 Å². The monoisotopic (exact) mass is 380 g/mol. The molecule has 1 aliphatic rings. The first kappa shape index (κ1) is 19.0. The summed E-state index contributed by atoms with van der Waals surface area (Å²) in [5, 5.41) is 2.81. The van der Waals surface area contributed by atoms with Gasteiger partial charge in [-0.05, 0) is 42.9 Å². The molecular formula is C17H17ClN2O4S. The first-order chi connectivity index (χ1) is 11.9. The van der Waals surface area contributed by atoms with Crippen LogP contribution in [0.25, 0.3) is 6.08 Å². The van der Waals surface area contributed by atoms with E-state index in [9.17, 15) is 9.59 Å². The van der Waals surface area contributed by atoms with Gasteiger partial charge in [0.2, 0.25) is 0 Å². The molecule has 0 radical (unpaired) electrons. The Labute approximate surface area is 156 Å². The van der Waals surface area contributed by atoms with Crippen LogP contribution >= 0.6 is 23.8 Å². The number of nitrogens with zero attached hydrogens (tertiary/aromatic N) is 1. The number of likely N-dealkylation sites (N-methyl/N-ethyl adjacent to an activating group) is 1. The lowest BCUT2D eigenvalue weighted by atomic mass is 10.1. The first-order valence-corrected chi connectivity index (χ1v) is 8.22. The number of nitrogens with one attached hydrogen (secondary N) is 1. The quantitative estimate of drug-likeness (QED) is 0.355. The van der Waals surface area contributed by atoms with Crippen molar-refractivity contribution >= 4 is 46.8 Å². The van der Waals surface area contributed by atoms with Gasteiger partial charge in [-0.25, -0.2) is 0 Å². The van der Waals surface area contributed by atoms with Crippen molar-refractivity contribution in [2.75, 3.05) is 20.3 Å². The van der Waals surface area contributed by atoms with E-state index >= 15 is 0 Å². The molecule has 2 amide bonds. The Morgan fingerprint density at radius 1 is 1.36 bits per heavy atom. The molecule has 0 spiro atoms. The van der Waals surface area contributed by atoms with Gasteiger partial charge in [0, 0.05) is 7.05 Å². The second-order valence-corrected chi connectivity index (χ2v) is 5.84. The largest absolute Gasteiger partial charge is 0.490 e. The van der Waals surface area contributed by atoms with Crippen LogP contribution in [0.1, 0.15) is 12.5 Å². The maximum absolute atomic E-state index is 12.3. The molecule has 0 unspecified atom stereocenters. The molecule has 0 aromatic heterocycles. The van der Waals surface area contributed by atoms with Gasteiger partial charge in [-0.1, -0.05) is 24.3 Å². The molecule has 2 rings (SSSR count). The van der Waals surface area contributed by atoms with Crippen molar-refractivity contribution in [3.05, 3.63) is 40.9 Å². The molecule has 8 heteroatoms. The maximum Gasteiger partial charge on any atom is 0.265 e. The van der Waals surface area contributed by atoms with Crippen molar-refractivity contribution < 1.29 is 19.1 Å². The number of rotatable bonds is 6. The molecule has 0 saturated carbocycles. The van der Waals surface area contributed by atoms with Crippen molar-refractivity contribution in [2.45, 2.75) is 6.92 Å². The van der Waals surface area contributed by atoms with Crippen molar-refractivity contribution in [1.82, 2.24) is 10.2 Å². The summed E-state index contributed by atoms with van der Waals surface area (Å²) in [7, 11) is 1.49. The molecule has 0 aliphatic carbocycles. The molecule has 1 heterocycles. The number of benzene rings is 1. The zero-order valence-electron chi connectivity index (χ0n) is 13.8. The van der Waals surface area contributed by atoms with Gasteiger partial charge in [-0.2, -0.15) is 0 Å². The summed E-state index contributed by atoms with van der Waals surface area (Å²) in [5.74, 6) is -0.261. The summed E-state index contributed by atoms with van der Waals surface area (Å²) in [5.41, 5.74) is 0.480. The fraction of sp³-hybridized carbons (Fsp3) is 0.235. The van der Waals surface area contributed by atoms with E-state index in [1.54, 1.807) is 18.2 Å². The van der Waals surface area contributed by atoms with Crippen molar-refractivity contribution in [2.24, 2.45) is 0 Å². The third kappa shape index (κ3) is 4.18. The lowest BCUT2D eigenvalue weighted by Gasteiger charge is -2.25. The SMILES string of the molecule is C=CCOc1c(Cl)cc(C=C2C(=O)NC(=S)N(C)C2=O)cc1OCC. The average Bonchev–Trinajstić information content (AvgIpc) is 2.56. The second kappa shape index (κ2) is 8.13. The Kier molecular flexibility index (Phi) is 6.17. The van der Waals surface area contributed by atoms with Crippen LogP contribution in [0.5, 0.6) is 11.5 Å². The highest BCUT2D eigenvalue weighted by Crippen LogP contribution is 2.37. The van der Waals surface area contributed by atoms with Crippen LogP contribution in [0.3, 0.4) is 0 Å². The molecule has 1 N–H and O–H groups in total. The molecule has 132 valence electrons. The summed E-state index contributed by atoms with van der Waals surface area (Å²) < 4.78 is 11.1. The van der Waals surface area contributed by atoms with Crippen molar-refractivity contribution in [3.63, 3.8) is 0 Å². The molecule has 6 nitrogen and oxygen atoms in total. The van der Waals surface area contributed by atoms with E-state index in [4.69, 9.17) is 33.3 Å². The second-order valence-electron chi connectivity index (χ2n) is 5.04. The summed E-state index contributed by atoms with van der Waals surface area (Å²) in [6.45, 7) is 6.08. The minimum absolute atomic E-state index is 0.0469. The molecule has 1 aromatic rings. The molecule has 0 atom stereocenters. The Hall–Kier alpha value is -2.38. The Morgan fingerprint density at radius 2 is 2.08 bits per heavy atom. The predicted octanol–water partition coefficient (Wildman–Crippen LogP) is 2.56. The minimum atomic E-state index is -0.561. The zero-order valence-corrected chi connectivity index (χ0v) is 15.4. The van der Waals surface area contributed by atoms with Crippen LogP contribution < -0.4 is 14.8 Å². The molecule has 1 aromatic carbocycles. The molecule has 1 saturated heterocycles. The average molecular weight is 381 g/mol. The first-order valence-electron chi connectivity index (χ1n) is 7.44. The number of halogens is 1. The number of ether oxygens (including phenoxy) is 2. The highest BCUT2D eigenvalue weighted by molar-refractivity contribution is 7.80. The molecule has 1 aliphatic heterocycles. The van der Waals surface area contributed by atoms with Gasteiger partial charge in [0.15, 0.2) is 16.6 Å². The van der Waals surface area contributed by atoms with E-state index in [2.05, 4.69) is 11.9 Å². The van der Waals surface area contributed by atoms with Gasteiger partial charge >= 0.3 is 0 Å². The van der Waals surface area contributed by atoms with E-state index in [1.165, 1.54) is 18.0 Å². The van der Waals surface area contributed by atoms with Crippen molar-refractivity contribution in [3.8, 4) is 11.5 Å². The fourth-order valence-electron chi connectivity index (χ4n) is 2.13. The number of hydrogen-bond donors (Lipinski definition) is 1. The van der Waals surface area contributed by atoms with E-state index in [-0.39, 0.29) is 17.3 Å².